The number of fused-ring (bicyclic) bond motifs is 5. The highest BCUT2D eigenvalue weighted by molar-refractivity contribution is 7.26. The van der Waals surface area contributed by atoms with Crippen molar-refractivity contribution >= 4 is 53.3 Å². The number of phenolic OH excluding ortho intramolecular Hbond substituents is 1. The van der Waals surface area contributed by atoms with Gasteiger partial charge < -0.3 is 9.84 Å². The van der Waals surface area contributed by atoms with Crippen molar-refractivity contribution in [3.8, 4) is 45.6 Å². The van der Waals surface area contributed by atoms with E-state index in [1.807, 2.05) is 77.5 Å². The highest BCUT2D eigenvalue weighted by Crippen LogP contribution is 2.46. The van der Waals surface area contributed by atoms with Gasteiger partial charge in [-0.1, -0.05) is 78.9 Å². The van der Waals surface area contributed by atoms with Crippen molar-refractivity contribution in [2.75, 3.05) is 0 Å². The minimum atomic E-state index is 0.0699. The molecule has 5 nitrogen and oxygen atoms in total. The van der Waals surface area contributed by atoms with Gasteiger partial charge in [0.25, 0.3) is 0 Å². The van der Waals surface area contributed by atoms with Gasteiger partial charge in [-0.3, -0.25) is 9.55 Å². The van der Waals surface area contributed by atoms with Crippen molar-refractivity contribution in [1.29, 1.82) is 0 Å². The molecular weight excluding hydrogens is 587 g/mol. The van der Waals surface area contributed by atoms with Crippen molar-refractivity contribution < 1.29 is 9.84 Å². The van der Waals surface area contributed by atoms with E-state index in [1.165, 1.54) is 0 Å². The van der Waals surface area contributed by atoms with Crippen molar-refractivity contribution in [3.05, 3.63) is 146 Å². The molecule has 3 heterocycles. The fraction of sp³-hybridized carbons (Fsp3) is 0. The van der Waals surface area contributed by atoms with Gasteiger partial charge in [0, 0.05) is 32.8 Å². The SMILES string of the molecule is Oc1ccc2c(sc3ccccc32)c1Oc1nc2c(-c3cc(-c4ccccn4)c4ccccc4c3)cccc2n1-c1ccccc1. The Labute approximate surface area is 268 Å². The van der Waals surface area contributed by atoms with Crippen LogP contribution in [0, 0.1) is 0 Å². The van der Waals surface area contributed by atoms with Crippen LogP contribution in [0.5, 0.6) is 17.5 Å². The second kappa shape index (κ2) is 10.6. The Morgan fingerprint density at radius 3 is 2.33 bits per heavy atom. The van der Waals surface area contributed by atoms with Gasteiger partial charge in [0.2, 0.25) is 0 Å². The summed E-state index contributed by atoms with van der Waals surface area (Å²) in [5.74, 6) is 0.469. The summed E-state index contributed by atoms with van der Waals surface area (Å²) >= 11 is 1.60. The molecule has 6 heteroatoms. The molecule has 6 aromatic carbocycles. The number of hydrogen-bond donors (Lipinski definition) is 1. The zero-order valence-corrected chi connectivity index (χ0v) is 25.3. The fourth-order valence-corrected chi connectivity index (χ4v) is 7.53. The second-order valence-corrected chi connectivity index (χ2v) is 12.2. The van der Waals surface area contributed by atoms with Crippen molar-refractivity contribution in [2.24, 2.45) is 0 Å². The van der Waals surface area contributed by atoms with Crippen LogP contribution in [0.4, 0.5) is 0 Å². The normalized spacial score (nSPS) is 11.6. The Bertz CT molecular complexity index is 2570. The number of aromatic nitrogens is 3. The topological polar surface area (TPSA) is 60.2 Å². The van der Waals surface area contributed by atoms with E-state index in [1.54, 1.807) is 17.4 Å². The summed E-state index contributed by atoms with van der Waals surface area (Å²) in [6.07, 6.45) is 1.83. The smallest absolute Gasteiger partial charge is 0.307 e. The van der Waals surface area contributed by atoms with Gasteiger partial charge >= 0.3 is 6.01 Å². The molecule has 0 fully saturated rings. The van der Waals surface area contributed by atoms with Crippen molar-refractivity contribution in [1.82, 2.24) is 14.5 Å². The molecule has 0 saturated heterocycles. The zero-order valence-electron chi connectivity index (χ0n) is 24.5. The summed E-state index contributed by atoms with van der Waals surface area (Å²) in [4.78, 5) is 9.85. The minimum absolute atomic E-state index is 0.0699. The number of hydrogen-bond acceptors (Lipinski definition) is 5. The molecule has 0 bridgehead atoms. The summed E-state index contributed by atoms with van der Waals surface area (Å²) < 4.78 is 10.7. The predicted octanol–water partition coefficient (Wildman–Crippen LogP) is 10.8. The van der Waals surface area contributed by atoms with Gasteiger partial charge in [0.05, 0.1) is 21.6 Å². The Morgan fingerprint density at radius 2 is 1.46 bits per heavy atom. The van der Waals surface area contributed by atoms with E-state index in [9.17, 15) is 5.11 Å². The lowest BCUT2D eigenvalue weighted by atomic mass is 9.94. The minimum Gasteiger partial charge on any atom is -0.504 e. The predicted molar refractivity (Wildman–Crippen MR) is 188 cm³/mol. The number of nitrogens with zero attached hydrogens (tertiary/aromatic N) is 3. The van der Waals surface area contributed by atoms with Gasteiger partial charge in [-0.15, -0.1) is 11.3 Å². The summed E-state index contributed by atoms with van der Waals surface area (Å²) in [6.45, 7) is 0. The lowest BCUT2D eigenvalue weighted by molar-refractivity contribution is 0.394. The van der Waals surface area contributed by atoms with E-state index in [0.29, 0.717) is 11.8 Å². The Morgan fingerprint density at radius 1 is 0.652 bits per heavy atom. The molecule has 0 saturated carbocycles. The van der Waals surface area contributed by atoms with E-state index in [-0.39, 0.29) is 5.75 Å². The largest absolute Gasteiger partial charge is 0.504 e. The second-order valence-electron chi connectivity index (χ2n) is 11.2. The average molecular weight is 612 g/mol. The van der Waals surface area contributed by atoms with Gasteiger partial charge in [-0.05, 0) is 77.0 Å². The highest BCUT2D eigenvalue weighted by Gasteiger charge is 2.22. The molecule has 0 aliphatic rings. The maximum absolute atomic E-state index is 11.1. The van der Waals surface area contributed by atoms with Crippen LogP contribution in [0.3, 0.4) is 0 Å². The maximum atomic E-state index is 11.1. The summed E-state index contributed by atoms with van der Waals surface area (Å²) in [5, 5.41) is 15.6. The third-order valence-electron chi connectivity index (χ3n) is 8.46. The number of ether oxygens (including phenoxy) is 1. The molecule has 0 unspecified atom stereocenters. The number of imidazole rings is 1. The third-order valence-corrected chi connectivity index (χ3v) is 9.64. The van der Waals surface area contributed by atoms with Crippen LogP contribution in [-0.2, 0) is 0 Å². The molecule has 0 amide bonds. The number of thiophene rings is 1. The van der Waals surface area contributed by atoms with Crippen LogP contribution in [0.1, 0.15) is 0 Å². The molecule has 3 aromatic heterocycles. The number of aromatic hydroxyl groups is 1. The van der Waals surface area contributed by atoms with Crippen LogP contribution in [0.25, 0.3) is 70.0 Å². The fourth-order valence-electron chi connectivity index (χ4n) is 6.35. The Balaban J connectivity index is 1.29. The Kier molecular flexibility index (Phi) is 6.08. The average Bonchev–Trinajstić information content (AvgIpc) is 3.68. The van der Waals surface area contributed by atoms with E-state index in [2.05, 4.69) is 71.7 Å². The third kappa shape index (κ3) is 4.23. The van der Waals surface area contributed by atoms with Crippen molar-refractivity contribution in [2.45, 2.75) is 0 Å². The van der Waals surface area contributed by atoms with Crippen LogP contribution in [-0.4, -0.2) is 19.6 Å². The van der Waals surface area contributed by atoms with E-state index >= 15 is 0 Å². The molecule has 9 rings (SSSR count). The lowest BCUT2D eigenvalue weighted by Gasteiger charge is -2.12. The number of phenols is 1. The van der Waals surface area contributed by atoms with Gasteiger partial charge in [-0.2, -0.15) is 4.98 Å². The number of rotatable bonds is 5. The van der Waals surface area contributed by atoms with Crippen LogP contribution in [0.2, 0.25) is 0 Å². The molecule has 218 valence electrons. The molecule has 1 N–H and O–H groups in total. The molecule has 0 atom stereocenters. The number of benzene rings is 6. The first kappa shape index (κ1) is 26.4. The Hall–Kier alpha value is -5.98. The van der Waals surface area contributed by atoms with Crippen LogP contribution >= 0.6 is 11.3 Å². The monoisotopic (exact) mass is 611 g/mol. The number of pyridine rings is 1. The summed E-state index contributed by atoms with van der Waals surface area (Å²) in [7, 11) is 0. The molecule has 0 spiro atoms. The zero-order chi connectivity index (χ0) is 30.6. The van der Waals surface area contributed by atoms with E-state index in [0.717, 1.165) is 70.0 Å². The van der Waals surface area contributed by atoms with Gasteiger partial charge in [-0.25, -0.2) is 0 Å². The van der Waals surface area contributed by atoms with Gasteiger partial charge in [0.1, 0.15) is 5.52 Å². The molecular formula is C40H25N3O2S. The molecule has 0 radical (unpaired) electrons. The first-order valence-electron chi connectivity index (χ1n) is 15.1. The summed E-state index contributed by atoms with van der Waals surface area (Å²) in [6, 6.07) is 47.4. The van der Waals surface area contributed by atoms with E-state index < -0.39 is 0 Å². The number of para-hydroxylation sites is 2. The first-order chi connectivity index (χ1) is 22.7. The van der Waals surface area contributed by atoms with E-state index in [4.69, 9.17) is 9.72 Å². The first-order valence-corrected chi connectivity index (χ1v) is 15.9. The molecule has 9 aromatic rings. The van der Waals surface area contributed by atoms with Crippen LogP contribution in [0.15, 0.2) is 146 Å². The molecule has 0 aliphatic carbocycles. The quantitative estimate of drug-likeness (QED) is 0.210. The van der Waals surface area contributed by atoms with Gasteiger partial charge in [0.15, 0.2) is 11.5 Å². The highest BCUT2D eigenvalue weighted by atomic mass is 32.1. The standard InChI is InChI=1S/C40H25N3O2S/c44-35-21-20-31-30-15-6-7-19-36(30)46-39(31)38(35)45-40-42-37-29(16-10-18-34(37)43(40)27-12-2-1-3-13-27)26-23-25-11-4-5-14-28(25)32(24-26)33-17-8-9-22-41-33/h1-24,44H. The molecule has 46 heavy (non-hydrogen) atoms. The maximum Gasteiger partial charge on any atom is 0.307 e. The molecule has 0 aliphatic heterocycles. The summed E-state index contributed by atoms with van der Waals surface area (Å²) in [5.41, 5.74) is 6.59. The lowest BCUT2D eigenvalue weighted by Crippen LogP contribution is -1.98. The van der Waals surface area contributed by atoms with Crippen molar-refractivity contribution in [3.63, 3.8) is 0 Å². The van der Waals surface area contributed by atoms with Crippen LogP contribution < -0.4 is 4.74 Å².